The quantitative estimate of drug-likeness (QED) is 0.743. The molecule has 2 fully saturated rings. The smallest absolute Gasteiger partial charge is 0.212 e. The molecule has 20 heavy (non-hydrogen) atoms. The van der Waals surface area contributed by atoms with Crippen molar-refractivity contribution in [3.05, 3.63) is 0 Å². The van der Waals surface area contributed by atoms with Crippen LogP contribution >= 0.6 is 0 Å². The highest BCUT2D eigenvalue weighted by Gasteiger charge is 2.55. The Labute approximate surface area is 122 Å². The molecule has 2 aliphatic carbocycles. The molecule has 118 valence electrons. The predicted octanol–water partition coefficient (Wildman–Crippen LogP) is 1.25. The number of ether oxygens (including phenoxy) is 1. The van der Waals surface area contributed by atoms with Gasteiger partial charge in [0.2, 0.25) is 10.0 Å². The largest absolute Gasteiger partial charge is 0.378 e. The van der Waals surface area contributed by atoms with Crippen LogP contribution in [-0.4, -0.2) is 46.5 Å². The molecule has 2 unspecified atom stereocenters. The molecule has 0 aliphatic heterocycles. The van der Waals surface area contributed by atoms with Crippen LogP contribution in [0.2, 0.25) is 0 Å². The van der Waals surface area contributed by atoms with Crippen molar-refractivity contribution < 1.29 is 13.2 Å². The first-order chi connectivity index (χ1) is 9.54. The second-order valence-corrected chi connectivity index (χ2v) is 8.05. The van der Waals surface area contributed by atoms with Crippen molar-refractivity contribution in [3.63, 3.8) is 0 Å². The molecule has 0 aromatic carbocycles. The lowest BCUT2D eigenvalue weighted by Gasteiger charge is -2.58. The molecule has 0 aromatic heterocycles. The molecule has 0 amide bonds. The van der Waals surface area contributed by atoms with E-state index in [-0.39, 0.29) is 11.2 Å². The summed E-state index contributed by atoms with van der Waals surface area (Å²) in [5.41, 5.74) is 0.262. The van der Waals surface area contributed by atoms with Crippen LogP contribution in [0.3, 0.4) is 0 Å². The topological polar surface area (TPSA) is 67.4 Å². The standard InChI is InChI=1S/C14H28N2O3S/c1-3-19-13-11-12(14(13)7-5-4-6-8-14)16-9-10-20(17,18)15-2/h12-13,15-16H,3-11H2,1-2H3. The Morgan fingerprint density at radius 1 is 1.25 bits per heavy atom. The van der Waals surface area contributed by atoms with Crippen molar-refractivity contribution in [2.75, 3.05) is 26.0 Å². The maximum absolute atomic E-state index is 11.4. The third-order valence-electron chi connectivity index (χ3n) is 5.01. The molecule has 0 saturated heterocycles. The first kappa shape index (κ1) is 16.2. The number of rotatable bonds is 7. The van der Waals surface area contributed by atoms with E-state index in [9.17, 15) is 8.42 Å². The zero-order chi connectivity index (χ0) is 14.6. The zero-order valence-corrected chi connectivity index (χ0v) is 13.5. The minimum Gasteiger partial charge on any atom is -0.378 e. The Kier molecular flexibility index (Phi) is 5.45. The minimum absolute atomic E-state index is 0.148. The molecular weight excluding hydrogens is 276 g/mol. The monoisotopic (exact) mass is 304 g/mol. The Morgan fingerprint density at radius 2 is 1.95 bits per heavy atom. The average Bonchev–Trinajstić information content (AvgIpc) is 2.46. The molecule has 2 rings (SSSR count). The van der Waals surface area contributed by atoms with E-state index in [1.807, 2.05) is 0 Å². The van der Waals surface area contributed by atoms with Gasteiger partial charge in [-0.3, -0.25) is 0 Å². The van der Waals surface area contributed by atoms with E-state index >= 15 is 0 Å². The van der Waals surface area contributed by atoms with E-state index in [1.54, 1.807) is 0 Å². The van der Waals surface area contributed by atoms with Crippen molar-refractivity contribution in [3.8, 4) is 0 Å². The van der Waals surface area contributed by atoms with E-state index in [0.717, 1.165) is 13.0 Å². The number of hydrogen-bond donors (Lipinski definition) is 2. The highest BCUT2D eigenvalue weighted by molar-refractivity contribution is 7.89. The molecule has 0 heterocycles. The molecule has 2 aliphatic rings. The SMILES string of the molecule is CCOC1CC(NCCS(=O)(=O)NC)C12CCCCC2. The fourth-order valence-corrected chi connectivity index (χ4v) is 4.41. The van der Waals surface area contributed by atoms with Gasteiger partial charge < -0.3 is 10.1 Å². The highest BCUT2D eigenvalue weighted by atomic mass is 32.2. The van der Waals surface area contributed by atoms with Crippen LogP contribution in [0.4, 0.5) is 0 Å². The normalized spacial score (nSPS) is 29.3. The summed E-state index contributed by atoms with van der Waals surface area (Å²) in [5, 5.41) is 3.46. The summed E-state index contributed by atoms with van der Waals surface area (Å²) in [7, 11) is -1.64. The van der Waals surface area contributed by atoms with Crippen LogP contribution in [0.1, 0.15) is 45.4 Å². The van der Waals surface area contributed by atoms with Gasteiger partial charge in [0.15, 0.2) is 0 Å². The molecule has 5 nitrogen and oxygen atoms in total. The van der Waals surface area contributed by atoms with Crippen LogP contribution in [-0.2, 0) is 14.8 Å². The van der Waals surface area contributed by atoms with Crippen LogP contribution in [0.5, 0.6) is 0 Å². The summed E-state index contributed by atoms with van der Waals surface area (Å²) in [6.07, 6.45) is 7.69. The minimum atomic E-state index is -3.11. The second kappa shape index (κ2) is 6.73. The summed E-state index contributed by atoms with van der Waals surface area (Å²) in [6, 6.07) is 0.423. The molecule has 0 bridgehead atoms. The zero-order valence-electron chi connectivity index (χ0n) is 12.7. The van der Waals surface area contributed by atoms with E-state index in [2.05, 4.69) is 17.0 Å². The summed E-state index contributed by atoms with van der Waals surface area (Å²) in [4.78, 5) is 0. The Bertz CT molecular complexity index is 405. The first-order valence-corrected chi connectivity index (χ1v) is 9.45. The van der Waals surface area contributed by atoms with Crippen LogP contribution in [0.15, 0.2) is 0 Å². The third kappa shape index (κ3) is 3.35. The summed E-state index contributed by atoms with van der Waals surface area (Å²) < 4.78 is 31.1. The molecular formula is C14H28N2O3S. The Balaban J connectivity index is 1.88. The van der Waals surface area contributed by atoms with Crippen molar-refractivity contribution in [2.45, 2.75) is 57.6 Å². The van der Waals surface area contributed by atoms with Gasteiger partial charge in [0.05, 0.1) is 11.9 Å². The van der Waals surface area contributed by atoms with Gasteiger partial charge in [-0.25, -0.2) is 13.1 Å². The van der Waals surface area contributed by atoms with Gasteiger partial charge >= 0.3 is 0 Å². The fraction of sp³-hybridized carbons (Fsp3) is 1.00. The lowest BCUT2D eigenvalue weighted by molar-refractivity contribution is -0.149. The number of hydrogen-bond acceptors (Lipinski definition) is 4. The molecule has 2 N–H and O–H groups in total. The van der Waals surface area contributed by atoms with Gasteiger partial charge in [0, 0.05) is 24.6 Å². The van der Waals surface area contributed by atoms with E-state index < -0.39 is 10.0 Å². The first-order valence-electron chi connectivity index (χ1n) is 7.80. The maximum Gasteiger partial charge on any atom is 0.212 e. The van der Waals surface area contributed by atoms with E-state index in [4.69, 9.17) is 4.74 Å². The summed E-state index contributed by atoms with van der Waals surface area (Å²) in [5.74, 6) is 0.148. The predicted molar refractivity (Wildman–Crippen MR) is 80.2 cm³/mol. The van der Waals surface area contributed by atoms with Gasteiger partial charge in [-0.2, -0.15) is 0 Å². The van der Waals surface area contributed by atoms with Crippen molar-refractivity contribution in [2.24, 2.45) is 5.41 Å². The van der Waals surface area contributed by atoms with E-state index in [0.29, 0.717) is 18.7 Å². The molecule has 0 aromatic rings. The molecule has 2 saturated carbocycles. The Morgan fingerprint density at radius 3 is 2.55 bits per heavy atom. The fourth-order valence-electron chi connectivity index (χ4n) is 3.82. The average molecular weight is 304 g/mol. The lowest BCUT2D eigenvalue weighted by Crippen LogP contribution is -2.64. The van der Waals surface area contributed by atoms with Crippen molar-refractivity contribution in [1.29, 1.82) is 0 Å². The van der Waals surface area contributed by atoms with Gasteiger partial charge in [-0.05, 0) is 33.2 Å². The van der Waals surface area contributed by atoms with E-state index in [1.165, 1.54) is 39.2 Å². The van der Waals surface area contributed by atoms with Gasteiger partial charge in [-0.15, -0.1) is 0 Å². The molecule has 2 atom stereocenters. The summed E-state index contributed by atoms with van der Waals surface area (Å²) >= 11 is 0. The molecule has 1 spiro atoms. The number of sulfonamides is 1. The molecule has 0 radical (unpaired) electrons. The molecule has 6 heteroatoms. The maximum atomic E-state index is 11.4. The Hall–Kier alpha value is -0.170. The third-order valence-corrected chi connectivity index (χ3v) is 6.37. The van der Waals surface area contributed by atoms with Crippen molar-refractivity contribution in [1.82, 2.24) is 10.0 Å². The van der Waals surface area contributed by atoms with Gasteiger partial charge in [0.25, 0.3) is 0 Å². The highest BCUT2D eigenvalue weighted by Crippen LogP contribution is 2.53. The van der Waals surface area contributed by atoms with Gasteiger partial charge in [-0.1, -0.05) is 19.3 Å². The van der Waals surface area contributed by atoms with Crippen LogP contribution in [0, 0.1) is 5.41 Å². The van der Waals surface area contributed by atoms with Crippen LogP contribution in [0.25, 0.3) is 0 Å². The second-order valence-electron chi connectivity index (χ2n) is 6.00. The lowest BCUT2D eigenvalue weighted by atomic mass is 9.55. The van der Waals surface area contributed by atoms with Crippen LogP contribution < -0.4 is 10.0 Å². The number of nitrogens with one attached hydrogen (secondary N) is 2. The summed E-state index contributed by atoms with van der Waals surface area (Å²) in [6.45, 7) is 3.35. The van der Waals surface area contributed by atoms with Gasteiger partial charge in [0.1, 0.15) is 0 Å². The van der Waals surface area contributed by atoms with Crippen molar-refractivity contribution >= 4 is 10.0 Å².